The number of aromatic nitrogens is 2. The summed E-state index contributed by atoms with van der Waals surface area (Å²) in [6.07, 6.45) is 5.63. The summed E-state index contributed by atoms with van der Waals surface area (Å²) >= 11 is 1.94. The molecule has 0 saturated carbocycles. The number of benzene rings is 1. The van der Waals surface area contributed by atoms with Gasteiger partial charge in [0.15, 0.2) is 0 Å². The van der Waals surface area contributed by atoms with E-state index in [2.05, 4.69) is 10.4 Å². The Bertz CT molecular complexity index is 639. The van der Waals surface area contributed by atoms with E-state index in [4.69, 9.17) is 0 Å². The number of aliphatic hydroxyl groups is 1. The van der Waals surface area contributed by atoms with Gasteiger partial charge in [-0.25, -0.2) is 4.68 Å². The van der Waals surface area contributed by atoms with Gasteiger partial charge in [0.1, 0.15) is 0 Å². The van der Waals surface area contributed by atoms with Gasteiger partial charge < -0.3 is 10.4 Å². The summed E-state index contributed by atoms with van der Waals surface area (Å²) in [5.41, 5.74) is 1.43. The van der Waals surface area contributed by atoms with E-state index in [0.717, 1.165) is 30.0 Å². The first kappa shape index (κ1) is 16.1. The molecule has 2 aromatic rings. The molecule has 6 heteroatoms. The van der Waals surface area contributed by atoms with Crippen LogP contribution in [0.25, 0.3) is 5.69 Å². The van der Waals surface area contributed by atoms with E-state index in [1.807, 2.05) is 42.2 Å². The third-order valence-electron chi connectivity index (χ3n) is 4.23. The van der Waals surface area contributed by atoms with Gasteiger partial charge in [0, 0.05) is 18.0 Å². The Morgan fingerprint density at radius 3 is 2.91 bits per heavy atom. The van der Waals surface area contributed by atoms with Gasteiger partial charge in [-0.3, -0.25) is 4.79 Å². The fourth-order valence-electron chi connectivity index (χ4n) is 2.89. The Balaban J connectivity index is 1.71. The van der Waals surface area contributed by atoms with Crippen molar-refractivity contribution in [2.75, 3.05) is 18.1 Å². The van der Waals surface area contributed by atoms with E-state index >= 15 is 0 Å². The molecule has 0 spiro atoms. The van der Waals surface area contributed by atoms with Crippen LogP contribution in [0.1, 0.15) is 23.2 Å². The normalized spacial score (nSPS) is 16.9. The van der Waals surface area contributed by atoms with Gasteiger partial charge in [-0.05, 0) is 54.5 Å². The molecule has 0 aliphatic carbocycles. The molecule has 1 aromatic carbocycles. The number of thioether (sulfide) groups is 1. The number of aliphatic hydroxyl groups excluding tert-OH is 1. The second-order valence-electron chi connectivity index (χ2n) is 5.71. The zero-order chi connectivity index (χ0) is 16.1. The van der Waals surface area contributed by atoms with Gasteiger partial charge in [0.2, 0.25) is 0 Å². The van der Waals surface area contributed by atoms with Crippen LogP contribution in [0.5, 0.6) is 0 Å². The number of rotatable bonds is 5. The van der Waals surface area contributed by atoms with Gasteiger partial charge >= 0.3 is 0 Å². The van der Waals surface area contributed by atoms with Gasteiger partial charge in [0.25, 0.3) is 5.91 Å². The lowest BCUT2D eigenvalue weighted by Crippen LogP contribution is -2.44. The second-order valence-corrected chi connectivity index (χ2v) is 6.94. The minimum absolute atomic E-state index is 0.0140. The van der Waals surface area contributed by atoms with Crippen LogP contribution < -0.4 is 5.32 Å². The molecule has 1 aliphatic rings. The Hall–Kier alpha value is -1.79. The standard InChI is InChI=1S/C17H21N3O2S/c21-12-16(13-5-9-23-10-6-13)19-17(22)14-3-1-4-15(11-14)20-8-2-7-18-20/h1-4,7-8,11,13,16,21H,5-6,9-10,12H2,(H,19,22)/t16-/m1/s1. The molecular formula is C17H21N3O2S. The van der Waals surface area contributed by atoms with Crippen LogP contribution in [0.3, 0.4) is 0 Å². The molecule has 1 atom stereocenters. The maximum absolute atomic E-state index is 12.5. The van der Waals surface area contributed by atoms with E-state index < -0.39 is 0 Å². The summed E-state index contributed by atoms with van der Waals surface area (Å²) in [7, 11) is 0. The molecule has 5 nitrogen and oxygen atoms in total. The van der Waals surface area contributed by atoms with Crippen molar-refractivity contribution in [3.8, 4) is 5.69 Å². The number of nitrogens with one attached hydrogen (secondary N) is 1. The van der Waals surface area contributed by atoms with Crippen molar-refractivity contribution in [2.45, 2.75) is 18.9 Å². The van der Waals surface area contributed by atoms with E-state index in [1.54, 1.807) is 16.9 Å². The van der Waals surface area contributed by atoms with Crippen molar-refractivity contribution in [3.63, 3.8) is 0 Å². The summed E-state index contributed by atoms with van der Waals surface area (Å²) in [5.74, 6) is 2.42. The average Bonchev–Trinajstić information content (AvgIpc) is 3.15. The van der Waals surface area contributed by atoms with Crippen LogP contribution in [0.2, 0.25) is 0 Å². The van der Waals surface area contributed by atoms with Crippen molar-refractivity contribution in [1.29, 1.82) is 0 Å². The summed E-state index contributed by atoms with van der Waals surface area (Å²) in [6, 6.07) is 9.02. The van der Waals surface area contributed by atoms with Crippen molar-refractivity contribution in [1.82, 2.24) is 15.1 Å². The topological polar surface area (TPSA) is 67.2 Å². The number of carbonyl (C=O) groups excluding carboxylic acids is 1. The zero-order valence-corrected chi connectivity index (χ0v) is 13.7. The lowest BCUT2D eigenvalue weighted by molar-refractivity contribution is 0.0884. The molecule has 2 N–H and O–H groups in total. The van der Waals surface area contributed by atoms with Crippen LogP contribution in [0.4, 0.5) is 0 Å². The summed E-state index contributed by atoms with van der Waals surface area (Å²) in [4.78, 5) is 12.5. The molecular weight excluding hydrogens is 310 g/mol. The summed E-state index contributed by atoms with van der Waals surface area (Å²) in [5, 5.41) is 16.8. The first-order valence-corrected chi connectivity index (χ1v) is 9.03. The SMILES string of the molecule is O=C(N[C@H](CO)C1CCSCC1)c1cccc(-n2cccn2)c1. The van der Waals surface area contributed by atoms with Crippen LogP contribution in [-0.2, 0) is 0 Å². The van der Waals surface area contributed by atoms with Gasteiger partial charge in [-0.1, -0.05) is 6.07 Å². The predicted octanol–water partition coefficient (Wildman–Crippen LogP) is 2.11. The molecule has 1 fully saturated rings. The zero-order valence-electron chi connectivity index (χ0n) is 12.9. The highest BCUT2D eigenvalue weighted by Gasteiger charge is 2.25. The molecule has 1 amide bonds. The molecule has 3 rings (SSSR count). The quantitative estimate of drug-likeness (QED) is 0.880. The third-order valence-corrected chi connectivity index (χ3v) is 5.27. The first-order chi connectivity index (χ1) is 11.3. The van der Waals surface area contributed by atoms with Crippen LogP contribution in [-0.4, -0.2) is 44.9 Å². The monoisotopic (exact) mass is 331 g/mol. The largest absolute Gasteiger partial charge is 0.394 e. The van der Waals surface area contributed by atoms with Gasteiger partial charge in [-0.15, -0.1) is 0 Å². The summed E-state index contributed by atoms with van der Waals surface area (Å²) < 4.78 is 1.72. The molecule has 0 unspecified atom stereocenters. The van der Waals surface area contributed by atoms with Crippen LogP contribution >= 0.6 is 11.8 Å². The van der Waals surface area contributed by atoms with Gasteiger partial charge in [0.05, 0.1) is 18.3 Å². The smallest absolute Gasteiger partial charge is 0.251 e. The number of hydrogen-bond donors (Lipinski definition) is 2. The maximum Gasteiger partial charge on any atom is 0.251 e. The third kappa shape index (κ3) is 3.95. The Labute approximate surface area is 140 Å². The van der Waals surface area contributed by atoms with Gasteiger partial charge in [-0.2, -0.15) is 16.9 Å². The molecule has 2 heterocycles. The highest BCUT2D eigenvalue weighted by Crippen LogP contribution is 2.25. The molecule has 1 saturated heterocycles. The average molecular weight is 331 g/mol. The number of carbonyl (C=O) groups is 1. The lowest BCUT2D eigenvalue weighted by Gasteiger charge is -2.29. The Morgan fingerprint density at radius 1 is 1.39 bits per heavy atom. The fraction of sp³-hybridized carbons (Fsp3) is 0.412. The molecule has 1 aromatic heterocycles. The molecule has 1 aliphatic heterocycles. The lowest BCUT2D eigenvalue weighted by atomic mass is 9.94. The first-order valence-electron chi connectivity index (χ1n) is 7.87. The van der Waals surface area contributed by atoms with Crippen molar-refractivity contribution < 1.29 is 9.90 Å². The number of hydrogen-bond acceptors (Lipinski definition) is 4. The Morgan fingerprint density at radius 2 is 2.22 bits per heavy atom. The molecule has 122 valence electrons. The van der Waals surface area contributed by atoms with E-state index in [1.165, 1.54) is 0 Å². The predicted molar refractivity (Wildman–Crippen MR) is 92.0 cm³/mol. The fourth-order valence-corrected chi connectivity index (χ4v) is 4.04. The number of nitrogens with zero attached hydrogens (tertiary/aromatic N) is 2. The molecule has 0 radical (unpaired) electrons. The van der Waals surface area contributed by atoms with E-state index in [-0.39, 0.29) is 18.6 Å². The van der Waals surface area contributed by atoms with E-state index in [9.17, 15) is 9.90 Å². The van der Waals surface area contributed by atoms with Crippen LogP contribution in [0.15, 0.2) is 42.7 Å². The maximum atomic E-state index is 12.5. The van der Waals surface area contributed by atoms with Crippen molar-refractivity contribution in [3.05, 3.63) is 48.3 Å². The van der Waals surface area contributed by atoms with E-state index in [0.29, 0.717) is 11.5 Å². The van der Waals surface area contributed by atoms with Crippen LogP contribution in [0, 0.1) is 5.92 Å². The minimum atomic E-state index is -0.170. The second kappa shape index (κ2) is 7.66. The Kier molecular flexibility index (Phi) is 5.35. The highest BCUT2D eigenvalue weighted by molar-refractivity contribution is 7.99. The molecule has 23 heavy (non-hydrogen) atoms. The highest BCUT2D eigenvalue weighted by atomic mass is 32.2. The summed E-state index contributed by atoms with van der Waals surface area (Å²) in [6.45, 7) is -0.0140. The minimum Gasteiger partial charge on any atom is -0.394 e. The van der Waals surface area contributed by atoms with Crippen molar-refractivity contribution >= 4 is 17.7 Å². The molecule has 0 bridgehead atoms. The van der Waals surface area contributed by atoms with Crippen molar-refractivity contribution in [2.24, 2.45) is 5.92 Å². The number of amides is 1.